The minimum atomic E-state index is -0.431. The van der Waals surface area contributed by atoms with Gasteiger partial charge in [0.2, 0.25) is 5.91 Å². The molecule has 0 saturated carbocycles. The van der Waals surface area contributed by atoms with Crippen molar-refractivity contribution in [2.75, 3.05) is 46.2 Å². The van der Waals surface area contributed by atoms with Gasteiger partial charge in [-0.05, 0) is 35.6 Å². The summed E-state index contributed by atoms with van der Waals surface area (Å²) in [4.78, 5) is 15.5. The van der Waals surface area contributed by atoms with E-state index in [0.29, 0.717) is 52.6 Å². The van der Waals surface area contributed by atoms with E-state index in [9.17, 15) is 4.79 Å². The van der Waals surface area contributed by atoms with Crippen LogP contribution in [0.2, 0.25) is 0 Å². The number of carbonyl (C=O) groups is 1. The summed E-state index contributed by atoms with van der Waals surface area (Å²) in [6, 6.07) is 17.1. The first-order valence-electron chi connectivity index (χ1n) is 11.1. The molecule has 2 N–H and O–H groups in total. The molecule has 2 atom stereocenters. The summed E-state index contributed by atoms with van der Waals surface area (Å²) in [6.45, 7) is 5.65. The number of rotatable bonds is 11. The van der Waals surface area contributed by atoms with Crippen molar-refractivity contribution in [2.24, 2.45) is 5.73 Å². The van der Waals surface area contributed by atoms with Gasteiger partial charge in [0, 0.05) is 6.54 Å². The van der Waals surface area contributed by atoms with E-state index in [4.69, 9.17) is 19.9 Å². The molecular formula is C25H32N2O4. The number of nitrogens with zero attached hydrogens (tertiary/aromatic N) is 1. The van der Waals surface area contributed by atoms with Gasteiger partial charge >= 0.3 is 0 Å². The molecule has 2 aromatic carbocycles. The number of benzene rings is 2. The Bertz CT molecular complexity index is 890. The molecule has 6 nitrogen and oxygen atoms in total. The Hall–Kier alpha value is -2.25. The minimum absolute atomic E-state index is 0.0838. The molecule has 6 heteroatoms. The molecule has 4 rings (SSSR count). The molecule has 0 saturated heterocycles. The Morgan fingerprint density at radius 2 is 1.55 bits per heavy atom. The lowest BCUT2D eigenvalue weighted by atomic mass is 9.80. The second-order valence-electron chi connectivity index (χ2n) is 8.18. The monoisotopic (exact) mass is 424 g/mol. The standard InChI is InChI=1S/C25H32N2O4/c1-25-21-8-4-2-6-19(21)18-23(20-7-3-5-9-22(20)25)27(25)24(28)10-12-29-14-16-31-17-15-30-13-11-26/h2-9,23H,10-18,26H2,1H3/t23-,25+/m1/s1. The lowest BCUT2D eigenvalue weighted by molar-refractivity contribution is -0.140. The van der Waals surface area contributed by atoms with Crippen LogP contribution in [0.25, 0.3) is 0 Å². The van der Waals surface area contributed by atoms with Gasteiger partial charge in [-0.2, -0.15) is 0 Å². The van der Waals surface area contributed by atoms with E-state index in [0.717, 1.165) is 6.42 Å². The quantitative estimate of drug-likeness (QED) is 0.562. The van der Waals surface area contributed by atoms with Crippen molar-refractivity contribution >= 4 is 5.91 Å². The van der Waals surface area contributed by atoms with E-state index >= 15 is 0 Å². The van der Waals surface area contributed by atoms with Crippen molar-refractivity contribution in [3.05, 3.63) is 70.8 Å². The highest BCUT2D eigenvalue weighted by molar-refractivity contribution is 5.81. The molecule has 2 heterocycles. The van der Waals surface area contributed by atoms with Crippen molar-refractivity contribution < 1.29 is 19.0 Å². The van der Waals surface area contributed by atoms with Crippen molar-refractivity contribution in [3.63, 3.8) is 0 Å². The molecule has 0 spiro atoms. The van der Waals surface area contributed by atoms with E-state index < -0.39 is 5.54 Å². The highest BCUT2D eigenvalue weighted by atomic mass is 16.5. The van der Waals surface area contributed by atoms with Crippen LogP contribution in [0, 0.1) is 0 Å². The summed E-state index contributed by atoms with van der Waals surface area (Å²) < 4.78 is 16.4. The first-order valence-corrected chi connectivity index (χ1v) is 11.1. The highest BCUT2D eigenvalue weighted by Gasteiger charge is 2.53. The summed E-state index contributed by atoms with van der Waals surface area (Å²) in [5.41, 5.74) is 10.0. The number of carbonyl (C=O) groups excluding carboxylic acids is 1. The lowest BCUT2D eigenvalue weighted by Gasteiger charge is -2.44. The van der Waals surface area contributed by atoms with Crippen LogP contribution in [0.5, 0.6) is 0 Å². The Kier molecular flexibility index (Phi) is 7.02. The number of hydrogen-bond donors (Lipinski definition) is 1. The third-order valence-electron chi connectivity index (χ3n) is 6.33. The second kappa shape index (κ2) is 9.92. The van der Waals surface area contributed by atoms with Gasteiger partial charge in [0.15, 0.2) is 0 Å². The summed E-state index contributed by atoms with van der Waals surface area (Å²) in [7, 11) is 0. The zero-order valence-corrected chi connectivity index (χ0v) is 18.2. The van der Waals surface area contributed by atoms with Crippen molar-refractivity contribution in [2.45, 2.75) is 31.3 Å². The highest BCUT2D eigenvalue weighted by Crippen LogP contribution is 2.55. The zero-order valence-electron chi connectivity index (χ0n) is 18.2. The molecule has 31 heavy (non-hydrogen) atoms. The van der Waals surface area contributed by atoms with Gasteiger partial charge < -0.3 is 24.8 Å². The first kappa shape index (κ1) is 22.0. The van der Waals surface area contributed by atoms with Crippen LogP contribution in [-0.4, -0.2) is 57.0 Å². The molecule has 166 valence electrons. The van der Waals surface area contributed by atoms with Gasteiger partial charge in [-0.25, -0.2) is 0 Å². The van der Waals surface area contributed by atoms with E-state index in [1.54, 1.807) is 0 Å². The van der Waals surface area contributed by atoms with E-state index in [2.05, 4.69) is 60.4 Å². The maximum Gasteiger partial charge on any atom is 0.226 e. The Morgan fingerprint density at radius 1 is 0.935 bits per heavy atom. The maximum atomic E-state index is 13.4. The molecule has 0 radical (unpaired) electrons. The van der Waals surface area contributed by atoms with E-state index in [-0.39, 0.29) is 11.9 Å². The van der Waals surface area contributed by atoms with Crippen LogP contribution in [0.1, 0.15) is 41.6 Å². The number of fused-ring (bicyclic) bond motifs is 7. The number of nitrogens with two attached hydrogens (primary N) is 1. The molecule has 2 aromatic rings. The SMILES string of the molecule is C[C@]12c3ccccc3C[C@H](c3ccccc31)N2C(=O)CCOCCOCCOCCN. The van der Waals surface area contributed by atoms with Gasteiger partial charge in [-0.15, -0.1) is 0 Å². The van der Waals surface area contributed by atoms with Gasteiger partial charge in [0.05, 0.1) is 57.6 Å². The average Bonchev–Trinajstić information content (AvgIpc) is 2.98. The van der Waals surface area contributed by atoms with Crippen molar-refractivity contribution in [1.82, 2.24) is 4.90 Å². The van der Waals surface area contributed by atoms with E-state index in [1.807, 2.05) is 0 Å². The fourth-order valence-electron chi connectivity index (χ4n) is 5.00. The molecule has 2 aliphatic heterocycles. The van der Waals surface area contributed by atoms with Gasteiger partial charge in [-0.3, -0.25) is 4.79 Å². The number of ether oxygens (including phenoxy) is 3. The fraction of sp³-hybridized carbons (Fsp3) is 0.480. The van der Waals surface area contributed by atoms with Crippen LogP contribution < -0.4 is 5.73 Å². The van der Waals surface area contributed by atoms with Crippen LogP contribution in [0.3, 0.4) is 0 Å². The topological polar surface area (TPSA) is 74.0 Å². The first-order chi connectivity index (χ1) is 15.2. The molecule has 2 aliphatic rings. The Balaban J connectivity index is 1.34. The predicted octanol–water partition coefficient (Wildman–Crippen LogP) is 2.79. The summed E-state index contributed by atoms with van der Waals surface area (Å²) >= 11 is 0. The Labute approximate surface area is 184 Å². The van der Waals surface area contributed by atoms with Gasteiger partial charge in [-0.1, -0.05) is 48.5 Å². The van der Waals surface area contributed by atoms with Crippen molar-refractivity contribution in [3.8, 4) is 0 Å². The minimum Gasteiger partial charge on any atom is -0.379 e. The largest absolute Gasteiger partial charge is 0.379 e. The number of amides is 1. The van der Waals surface area contributed by atoms with Gasteiger partial charge in [0.25, 0.3) is 0 Å². The average molecular weight is 425 g/mol. The fourth-order valence-corrected chi connectivity index (χ4v) is 5.00. The molecule has 0 unspecified atom stereocenters. The lowest BCUT2D eigenvalue weighted by Crippen LogP contribution is -2.49. The number of hydrogen-bond acceptors (Lipinski definition) is 5. The zero-order chi connectivity index (χ0) is 21.7. The van der Waals surface area contributed by atoms with Crippen molar-refractivity contribution in [1.29, 1.82) is 0 Å². The smallest absolute Gasteiger partial charge is 0.226 e. The molecule has 0 fully saturated rings. The van der Waals surface area contributed by atoms with Crippen LogP contribution in [0.15, 0.2) is 48.5 Å². The Morgan fingerprint density at radius 3 is 2.29 bits per heavy atom. The summed E-state index contributed by atoms with van der Waals surface area (Å²) in [5.74, 6) is 0.134. The summed E-state index contributed by atoms with van der Waals surface area (Å²) in [6.07, 6.45) is 1.22. The molecule has 2 bridgehead atoms. The van der Waals surface area contributed by atoms with Crippen LogP contribution >= 0.6 is 0 Å². The molecule has 0 aromatic heterocycles. The van der Waals surface area contributed by atoms with Gasteiger partial charge in [0.1, 0.15) is 0 Å². The predicted molar refractivity (Wildman–Crippen MR) is 119 cm³/mol. The second-order valence-corrected chi connectivity index (χ2v) is 8.18. The molecule has 1 amide bonds. The maximum absolute atomic E-state index is 13.4. The summed E-state index contributed by atoms with van der Waals surface area (Å²) in [5, 5.41) is 0. The molecular weight excluding hydrogens is 392 g/mol. The normalized spacial score (nSPS) is 21.1. The third-order valence-corrected chi connectivity index (χ3v) is 6.33. The molecule has 0 aliphatic carbocycles. The van der Waals surface area contributed by atoms with Crippen LogP contribution in [0.4, 0.5) is 0 Å². The van der Waals surface area contributed by atoms with Crippen LogP contribution in [-0.2, 0) is 31.0 Å². The third kappa shape index (κ3) is 4.26. The van der Waals surface area contributed by atoms with E-state index in [1.165, 1.54) is 22.3 Å².